The number of benzene rings is 2. The molecule has 2 aromatic rings. The number of para-hydroxylation sites is 1. The van der Waals surface area contributed by atoms with E-state index in [1.807, 2.05) is 42.3 Å². The minimum Gasteiger partial charge on any atom is -0.492 e. The number of imide groups is 1. The maximum atomic E-state index is 12.3. The molecule has 2 aromatic carbocycles. The molecule has 0 spiro atoms. The summed E-state index contributed by atoms with van der Waals surface area (Å²) in [4.78, 5) is 27.9. The highest BCUT2D eigenvalue weighted by Crippen LogP contribution is 2.21. The second-order valence-electron chi connectivity index (χ2n) is 5.77. The van der Waals surface area contributed by atoms with Crippen molar-refractivity contribution in [1.29, 1.82) is 0 Å². The molecule has 1 aliphatic rings. The van der Waals surface area contributed by atoms with Crippen LogP contribution in [0.1, 0.15) is 20.7 Å². The third-order valence-corrected chi connectivity index (χ3v) is 4.07. The van der Waals surface area contributed by atoms with Gasteiger partial charge in [-0.05, 0) is 31.3 Å². The number of amides is 2. The molecule has 0 bridgehead atoms. The predicted octanol–water partition coefficient (Wildman–Crippen LogP) is 2.29. The Bertz CT molecular complexity index is 695. The van der Waals surface area contributed by atoms with Crippen molar-refractivity contribution in [3.05, 3.63) is 65.7 Å². The number of hydrogen-bond acceptors (Lipinski definition) is 4. The van der Waals surface area contributed by atoms with Gasteiger partial charge in [-0.15, -0.1) is 0 Å². The summed E-state index contributed by atoms with van der Waals surface area (Å²) in [6.45, 7) is 2.28. The molecule has 3 rings (SSSR count). The molecule has 0 radical (unpaired) electrons. The molecule has 0 saturated heterocycles. The fraction of sp³-hybridized carbons (Fsp3) is 0.263. The van der Waals surface area contributed by atoms with E-state index >= 15 is 0 Å². The van der Waals surface area contributed by atoms with Crippen LogP contribution in [0, 0.1) is 0 Å². The molecule has 1 heterocycles. The van der Waals surface area contributed by atoms with Crippen molar-refractivity contribution in [3.63, 3.8) is 0 Å². The van der Waals surface area contributed by atoms with Crippen molar-refractivity contribution in [1.82, 2.24) is 9.80 Å². The fourth-order valence-electron chi connectivity index (χ4n) is 2.66. The summed E-state index contributed by atoms with van der Waals surface area (Å²) in [6, 6.07) is 16.6. The Balaban J connectivity index is 1.46. The van der Waals surface area contributed by atoms with Gasteiger partial charge in [-0.25, -0.2) is 0 Å². The van der Waals surface area contributed by atoms with Gasteiger partial charge in [0.2, 0.25) is 0 Å². The maximum Gasteiger partial charge on any atom is 0.261 e. The zero-order chi connectivity index (χ0) is 16.9. The summed E-state index contributed by atoms with van der Waals surface area (Å²) >= 11 is 0. The van der Waals surface area contributed by atoms with Gasteiger partial charge in [-0.3, -0.25) is 14.5 Å². The van der Waals surface area contributed by atoms with Crippen molar-refractivity contribution in [2.75, 3.05) is 33.3 Å². The van der Waals surface area contributed by atoms with Crippen LogP contribution in [0.25, 0.3) is 0 Å². The summed E-state index contributed by atoms with van der Waals surface area (Å²) in [5, 5.41) is 0. The van der Waals surface area contributed by atoms with E-state index in [4.69, 9.17) is 4.74 Å². The Labute approximate surface area is 141 Å². The first kappa shape index (κ1) is 16.2. The highest BCUT2D eigenvalue weighted by atomic mass is 16.5. The summed E-state index contributed by atoms with van der Waals surface area (Å²) in [7, 11) is 1.95. The maximum absolute atomic E-state index is 12.3. The zero-order valence-electron chi connectivity index (χ0n) is 13.6. The largest absolute Gasteiger partial charge is 0.492 e. The minimum absolute atomic E-state index is 0.204. The van der Waals surface area contributed by atoms with Gasteiger partial charge >= 0.3 is 0 Å². The first-order valence-corrected chi connectivity index (χ1v) is 7.98. The molecule has 0 N–H and O–H groups in total. The Hall–Kier alpha value is -2.66. The van der Waals surface area contributed by atoms with Crippen LogP contribution in [0.2, 0.25) is 0 Å². The number of carbonyl (C=O) groups excluding carboxylic acids is 2. The summed E-state index contributed by atoms with van der Waals surface area (Å²) < 4.78 is 5.65. The van der Waals surface area contributed by atoms with Gasteiger partial charge in [0.15, 0.2) is 0 Å². The van der Waals surface area contributed by atoms with Crippen molar-refractivity contribution in [2.24, 2.45) is 0 Å². The molecule has 5 nitrogen and oxygen atoms in total. The standard InChI is InChI=1S/C19H20N2O3/c1-20(13-14-24-15-7-3-2-4-8-15)11-12-21-18(22)16-9-5-6-10-17(16)19(21)23/h2-10H,11-14H2,1H3. The lowest BCUT2D eigenvalue weighted by molar-refractivity contribution is 0.0639. The lowest BCUT2D eigenvalue weighted by Gasteiger charge is -2.20. The van der Waals surface area contributed by atoms with Gasteiger partial charge in [-0.1, -0.05) is 30.3 Å². The molecule has 0 aliphatic carbocycles. The molecule has 0 saturated carbocycles. The first-order chi connectivity index (χ1) is 11.7. The van der Waals surface area contributed by atoms with E-state index < -0.39 is 0 Å². The monoisotopic (exact) mass is 324 g/mol. The molecular formula is C19H20N2O3. The van der Waals surface area contributed by atoms with Crippen LogP contribution in [-0.2, 0) is 0 Å². The van der Waals surface area contributed by atoms with E-state index in [9.17, 15) is 9.59 Å². The quantitative estimate of drug-likeness (QED) is 0.733. The Morgan fingerprint density at radius 2 is 1.46 bits per heavy atom. The average molecular weight is 324 g/mol. The third kappa shape index (κ3) is 3.46. The van der Waals surface area contributed by atoms with E-state index in [2.05, 4.69) is 0 Å². The normalized spacial score (nSPS) is 13.5. The van der Waals surface area contributed by atoms with Crippen LogP contribution in [-0.4, -0.2) is 54.9 Å². The lowest BCUT2D eigenvalue weighted by Crippen LogP contribution is -2.38. The van der Waals surface area contributed by atoms with Gasteiger partial charge < -0.3 is 9.64 Å². The molecule has 2 amide bonds. The van der Waals surface area contributed by atoms with Crippen molar-refractivity contribution >= 4 is 11.8 Å². The Morgan fingerprint density at radius 3 is 2.08 bits per heavy atom. The topological polar surface area (TPSA) is 49.9 Å². The third-order valence-electron chi connectivity index (χ3n) is 4.07. The number of rotatable bonds is 7. The van der Waals surface area contributed by atoms with E-state index in [1.54, 1.807) is 24.3 Å². The Morgan fingerprint density at radius 1 is 0.875 bits per heavy atom. The molecule has 0 fully saturated rings. The predicted molar refractivity (Wildman–Crippen MR) is 91.2 cm³/mol. The van der Waals surface area contributed by atoms with Gasteiger partial charge in [0.05, 0.1) is 11.1 Å². The van der Waals surface area contributed by atoms with Crippen LogP contribution in [0.3, 0.4) is 0 Å². The highest BCUT2D eigenvalue weighted by Gasteiger charge is 2.34. The van der Waals surface area contributed by atoms with Crippen LogP contribution in [0.4, 0.5) is 0 Å². The van der Waals surface area contributed by atoms with Crippen LogP contribution in [0.15, 0.2) is 54.6 Å². The van der Waals surface area contributed by atoms with E-state index in [1.165, 1.54) is 4.90 Å². The van der Waals surface area contributed by atoms with Crippen LogP contribution < -0.4 is 4.74 Å². The molecular weight excluding hydrogens is 304 g/mol. The van der Waals surface area contributed by atoms with Crippen LogP contribution >= 0.6 is 0 Å². The summed E-state index contributed by atoms with van der Waals surface area (Å²) in [5.41, 5.74) is 0.995. The number of carbonyl (C=O) groups is 2. The van der Waals surface area contributed by atoms with Gasteiger partial charge in [-0.2, -0.15) is 0 Å². The zero-order valence-corrected chi connectivity index (χ0v) is 13.6. The number of hydrogen-bond donors (Lipinski definition) is 0. The summed E-state index contributed by atoms with van der Waals surface area (Å²) in [5.74, 6) is 0.431. The molecule has 1 aliphatic heterocycles. The van der Waals surface area contributed by atoms with E-state index in [0.29, 0.717) is 30.8 Å². The molecule has 0 aromatic heterocycles. The lowest BCUT2D eigenvalue weighted by atomic mass is 10.1. The fourth-order valence-corrected chi connectivity index (χ4v) is 2.66. The highest BCUT2D eigenvalue weighted by molar-refractivity contribution is 6.21. The molecule has 124 valence electrons. The van der Waals surface area contributed by atoms with Gasteiger partial charge in [0.25, 0.3) is 11.8 Å². The van der Waals surface area contributed by atoms with Crippen LogP contribution in [0.5, 0.6) is 5.75 Å². The SMILES string of the molecule is CN(CCOc1ccccc1)CCN1C(=O)c2ccccc2C1=O. The van der Waals surface area contributed by atoms with Crippen molar-refractivity contribution in [3.8, 4) is 5.75 Å². The summed E-state index contributed by atoms with van der Waals surface area (Å²) in [6.07, 6.45) is 0. The molecule has 24 heavy (non-hydrogen) atoms. The second kappa shape index (κ2) is 7.27. The molecule has 0 unspecified atom stereocenters. The first-order valence-electron chi connectivity index (χ1n) is 7.98. The number of ether oxygens (including phenoxy) is 1. The van der Waals surface area contributed by atoms with Gasteiger partial charge in [0.1, 0.15) is 12.4 Å². The number of fused-ring (bicyclic) bond motifs is 1. The second-order valence-corrected chi connectivity index (χ2v) is 5.77. The van der Waals surface area contributed by atoms with E-state index in [-0.39, 0.29) is 11.8 Å². The average Bonchev–Trinajstić information content (AvgIpc) is 2.85. The van der Waals surface area contributed by atoms with E-state index in [0.717, 1.165) is 12.3 Å². The van der Waals surface area contributed by atoms with Crippen molar-refractivity contribution < 1.29 is 14.3 Å². The minimum atomic E-state index is -0.204. The van der Waals surface area contributed by atoms with Crippen molar-refractivity contribution in [2.45, 2.75) is 0 Å². The molecule has 0 atom stereocenters. The van der Waals surface area contributed by atoms with Gasteiger partial charge in [0, 0.05) is 19.6 Å². The smallest absolute Gasteiger partial charge is 0.261 e. The number of nitrogens with zero attached hydrogens (tertiary/aromatic N) is 2. The Kier molecular flexibility index (Phi) is 4.91. The number of likely N-dealkylation sites (N-methyl/N-ethyl adjacent to an activating group) is 1. The molecule has 5 heteroatoms.